The molecule has 2 rings (SSSR count). The average molecular weight is 461 g/mol. The zero-order chi connectivity index (χ0) is 25.3. The van der Waals surface area contributed by atoms with E-state index in [9.17, 15) is 0 Å². The summed E-state index contributed by atoms with van der Waals surface area (Å²) in [4.78, 5) is 4.82. The molecular formula is C30H44N4. The van der Waals surface area contributed by atoms with Crippen LogP contribution in [0.3, 0.4) is 0 Å². The monoisotopic (exact) mass is 460 g/mol. The molecule has 0 radical (unpaired) electrons. The van der Waals surface area contributed by atoms with Crippen LogP contribution in [0.4, 0.5) is 11.4 Å². The molecule has 184 valence electrons. The van der Waals surface area contributed by atoms with E-state index >= 15 is 0 Å². The van der Waals surface area contributed by atoms with Crippen molar-refractivity contribution < 1.29 is 0 Å². The predicted octanol–water partition coefficient (Wildman–Crippen LogP) is 7.64. The van der Waals surface area contributed by atoms with Crippen molar-refractivity contribution in [1.82, 2.24) is 0 Å². The summed E-state index contributed by atoms with van der Waals surface area (Å²) in [6.07, 6.45) is 4.89. The standard InChI is InChI=1S/2C15H22N2/c1-12(2)10-17(11-13(3)4)15-7-5-14(9-16)6-8-15;1-3-5-11-17(12-6-4-2)15-9-7-14(13-16)8-10-15/h5-8,12-13H,10-11H2,1-4H3;7-10H,3-6,11-12H2,1-2H3. The third-order valence-corrected chi connectivity index (χ3v) is 5.46. The molecule has 0 heterocycles. The molecule has 0 aliphatic rings. The van der Waals surface area contributed by atoms with Crippen molar-refractivity contribution in [1.29, 1.82) is 10.5 Å². The first-order valence-electron chi connectivity index (χ1n) is 12.8. The van der Waals surface area contributed by atoms with Crippen LogP contribution in [-0.4, -0.2) is 26.2 Å². The molecule has 0 saturated carbocycles. The van der Waals surface area contributed by atoms with E-state index in [0.717, 1.165) is 37.3 Å². The van der Waals surface area contributed by atoms with Gasteiger partial charge in [0, 0.05) is 37.6 Å². The van der Waals surface area contributed by atoms with Crippen molar-refractivity contribution in [2.24, 2.45) is 11.8 Å². The summed E-state index contributed by atoms with van der Waals surface area (Å²) in [5, 5.41) is 17.6. The molecule has 2 aromatic carbocycles. The number of anilines is 2. The van der Waals surface area contributed by atoms with Crippen LogP contribution in [0.25, 0.3) is 0 Å². The summed E-state index contributed by atoms with van der Waals surface area (Å²) in [7, 11) is 0. The molecule has 0 spiro atoms. The highest BCUT2D eigenvalue weighted by Crippen LogP contribution is 2.18. The second kappa shape index (κ2) is 16.6. The Bertz CT molecular complexity index is 852. The van der Waals surface area contributed by atoms with Crippen LogP contribution in [-0.2, 0) is 0 Å². The van der Waals surface area contributed by atoms with Gasteiger partial charge in [-0.2, -0.15) is 10.5 Å². The summed E-state index contributed by atoms with van der Waals surface area (Å²) in [6, 6.07) is 20.1. The van der Waals surface area contributed by atoms with Gasteiger partial charge < -0.3 is 9.80 Å². The smallest absolute Gasteiger partial charge is 0.0991 e. The highest BCUT2D eigenvalue weighted by Gasteiger charge is 2.10. The molecule has 2 aromatic rings. The molecule has 0 amide bonds. The Labute approximate surface area is 208 Å². The molecule has 0 unspecified atom stereocenters. The fourth-order valence-corrected chi connectivity index (χ4v) is 3.73. The third kappa shape index (κ3) is 11.2. The van der Waals surface area contributed by atoms with Gasteiger partial charge >= 0.3 is 0 Å². The normalized spacial score (nSPS) is 10.3. The van der Waals surface area contributed by atoms with Crippen molar-refractivity contribution in [2.45, 2.75) is 67.2 Å². The number of nitriles is 2. The lowest BCUT2D eigenvalue weighted by Crippen LogP contribution is -2.31. The van der Waals surface area contributed by atoms with Gasteiger partial charge in [-0.1, -0.05) is 54.4 Å². The highest BCUT2D eigenvalue weighted by molar-refractivity contribution is 5.50. The average Bonchev–Trinajstić information content (AvgIpc) is 2.84. The number of benzene rings is 2. The van der Waals surface area contributed by atoms with Gasteiger partial charge in [0.2, 0.25) is 0 Å². The number of hydrogen-bond acceptors (Lipinski definition) is 4. The van der Waals surface area contributed by atoms with E-state index in [1.165, 1.54) is 37.1 Å². The van der Waals surface area contributed by atoms with E-state index in [-0.39, 0.29) is 0 Å². The Morgan fingerprint density at radius 2 is 0.971 bits per heavy atom. The maximum atomic E-state index is 8.79. The molecule has 0 atom stereocenters. The van der Waals surface area contributed by atoms with E-state index in [1.807, 2.05) is 36.4 Å². The van der Waals surface area contributed by atoms with Gasteiger partial charge in [0.25, 0.3) is 0 Å². The number of hydrogen-bond donors (Lipinski definition) is 0. The molecule has 0 aliphatic heterocycles. The molecule has 0 fully saturated rings. The Balaban J connectivity index is 0.000000340. The zero-order valence-electron chi connectivity index (χ0n) is 22.2. The predicted molar refractivity (Wildman–Crippen MR) is 146 cm³/mol. The molecular weight excluding hydrogens is 416 g/mol. The van der Waals surface area contributed by atoms with E-state index in [2.05, 4.69) is 75.6 Å². The van der Waals surface area contributed by atoms with E-state index in [1.54, 1.807) is 0 Å². The van der Waals surface area contributed by atoms with Crippen LogP contribution in [0.1, 0.15) is 78.4 Å². The minimum Gasteiger partial charge on any atom is -0.372 e. The maximum Gasteiger partial charge on any atom is 0.0991 e. The summed E-state index contributed by atoms with van der Waals surface area (Å²) in [5.41, 5.74) is 3.92. The molecule has 0 saturated heterocycles. The quantitative estimate of drug-likeness (QED) is 0.326. The Hall–Kier alpha value is -2.98. The third-order valence-electron chi connectivity index (χ3n) is 5.46. The molecule has 0 N–H and O–H groups in total. The Morgan fingerprint density at radius 3 is 1.26 bits per heavy atom. The minimum absolute atomic E-state index is 0.643. The SMILES string of the molecule is CC(C)CN(CC(C)C)c1ccc(C#N)cc1.CCCCN(CCCC)c1ccc(C#N)cc1. The lowest BCUT2D eigenvalue weighted by atomic mass is 10.1. The largest absolute Gasteiger partial charge is 0.372 e. The van der Waals surface area contributed by atoms with Crippen LogP contribution in [0.2, 0.25) is 0 Å². The minimum atomic E-state index is 0.643. The summed E-state index contributed by atoms with van der Waals surface area (Å²) < 4.78 is 0. The van der Waals surface area contributed by atoms with Gasteiger partial charge in [-0.15, -0.1) is 0 Å². The lowest BCUT2D eigenvalue weighted by Gasteiger charge is -2.28. The maximum absolute atomic E-state index is 8.79. The van der Waals surface area contributed by atoms with Crippen molar-refractivity contribution in [3.8, 4) is 12.1 Å². The first kappa shape index (κ1) is 29.1. The van der Waals surface area contributed by atoms with Gasteiger partial charge in [0.1, 0.15) is 0 Å². The second-order valence-electron chi connectivity index (χ2n) is 9.70. The van der Waals surface area contributed by atoms with Gasteiger partial charge in [-0.3, -0.25) is 0 Å². The van der Waals surface area contributed by atoms with Gasteiger partial charge in [0.05, 0.1) is 23.3 Å². The second-order valence-corrected chi connectivity index (χ2v) is 9.70. The van der Waals surface area contributed by atoms with Crippen LogP contribution >= 0.6 is 0 Å². The van der Waals surface area contributed by atoms with Gasteiger partial charge in [0.15, 0.2) is 0 Å². The Kier molecular flexibility index (Phi) is 14.2. The zero-order valence-corrected chi connectivity index (χ0v) is 22.2. The molecule has 4 nitrogen and oxygen atoms in total. The number of unbranched alkanes of at least 4 members (excludes halogenated alkanes) is 2. The fourth-order valence-electron chi connectivity index (χ4n) is 3.73. The fraction of sp³-hybridized carbons (Fsp3) is 0.533. The molecule has 0 aromatic heterocycles. The highest BCUT2D eigenvalue weighted by atomic mass is 15.1. The van der Waals surface area contributed by atoms with Gasteiger partial charge in [-0.05, 0) is 73.2 Å². The molecule has 0 bridgehead atoms. The van der Waals surface area contributed by atoms with E-state index in [0.29, 0.717) is 11.8 Å². The summed E-state index contributed by atoms with van der Waals surface area (Å²) in [5.74, 6) is 1.29. The van der Waals surface area contributed by atoms with Gasteiger partial charge in [-0.25, -0.2) is 0 Å². The van der Waals surface area contributed by atoms with E-state index < -0.39 is 0 Å². The van der Waals surface area contributed by atoms with Crippen LogP contribution in [0, 0.1) is 34.5 Å². The Morgan fingerprint density at radius 1 is 0.618 bits per heavy atom. The summed E-state index contributed by atoms with van der Waals surface area (Å²) >= 11 is 0. The first-order valence-corrected chi connectivity index (χ1v) is 12.8. The van der Waals surface area contributed by atoms with Crippen molar-refractivity contribution in [3.05, 3.63) is 59.7 Å². The van der Waals surface area contributed by atoms with Crippen molar-refractivity contribution in [3.63, 3.8) is 0 Å². The molecule has 34 heavy (non-hydrogen) atoms. The first-order chi connectivity index (χ1) is 16.3. The van der Waals surface area contributed by atoms with Crippen molar-refractivity contribution in [2.75, 3.05) is 36.0 Å². The topological polar surface area (TPSA) is 54.1 Å². The summed E-state index contributed by atoms with van der Waals surface area (Å²) in [6.45, 7) is 17.7. The van der Waals surface area contributed by atoms with Crippen molar-refractivity contribution >= 4 is 11.4 Å². The molecule has 4 heteroatoms. The van der Waals surface area contributed by atoms with Crippen LogP contribution in [0.5, 0.6) is 0 Å². The molecule has 0 aliphatic carbocycles. The van der Waals surface area contributed by atoms with Crippen LogP contribution in [0.15, 0.2) is 48.5 Å². The lowest BCUT2D eigenvalue weighted by molar-refractivity contribution is 0.553. The van der Waals surface area contributed by atoms with Crippen LogP contribution < -0.4 is 9.80 Å². The number of rotatable bonds is 12. The van der Waals surface area contributed by atoms with E-state index in [4.69, 9.17) is 10.5 Å². The number of nitrogens with zero attached hydrogens (tertiary/aromatic N) is 4.